The molecule has 3 aromatic rings. The molecule has 228 valence electrons. The number of anilines is 1. The van der Waals surface area contributed by atoms with Crippen LogP contribution in [0.25, 0.3) is 0 Å². The molecule has 3 aromatic carbocycles. The van der Waals surface area contributed by atoms with Crippen molar-refractivity contribution in [3.63, 3.8) is 0 Å². The number of hydrogen-bond donors (Lipinski definition) is 1. The number of rotatable bonds is 12. The number of carboxylic acid groups (broad SMARTS) is 1. The standard InChI is InChI=1S/C33H38Cl2N4O4/c1-24-9-13-28(14-10-24)39-23-33(19-31(41)42,22-38(32(39)43)21-26-11-12-27(34)17-29(26)35)18-30(40)37(16-15-36(2)3)20-25-7-5-4-6-8-25/h4-14,17H,15-16,18-23H2,1-3H3,(H,41,42). The number of hydrogen-bond acceptors (Lipinski definition) is 4. The average molecular weight is 626 g/mol. The summed E-state index contributed by atoms with van der Waals surface area (Å²) in [5, 5.41) is 11.0. The van der Waals surface area contributed by atoms with Gasteiger partial charge in [-0.15, -0.1) is 0 Å². The highest BCUT2D eigenvalue weighted by molar-refractivity contribution is 6.35. The highest BCUT2D eigenvalue weighted by Crippen LogP contribution is 2.38. The number of halogens is 2. The first-order valence-corrected chi connectivity index (χ1v) is 15.0. The second kappa shape index (κ2) is 14.3. The first-order valence-electron chi connectivity index (χ1n) is 14.2. The fourth-order valence-electron chi connectivity index (χ4n) is 5.46. The zero-order valence-electron chi connectivity index (χ0n) is 24.8. The monoisotopic (exact) mass is 624 g/mol. The van der Waals surface area contributed by atoms with Crippen LogP contribution in [0.15, 0.2) is 72.8 Å². The molecule has 1 aliphatic rings. The molecule has 0 bridgehead atoms. The fourth-order valence-corrected chi connectivity index (χ4v) is 5.93. The van der Waals surface area contributed by atoms with Crippen molar-refractivity contribution in [1.82, 2.24) is 14.7 Å². The second-order valence-electron chi connectivity index (χ2n) is 11.6. The van der Waals surface area contributed by atoms with Gasteiger partial charge >= 0.3 is 12.0 Å². The SMILES string of the molecule is Cc1ccc(N2CC(CC(=O)O)(CC(=O)N(CCN(C)C)Cc3ccccc3)CN(Cc3ccc(Cl)cc3Cl)C2=O)cc1. The summed E-state index contributed by atoms with van der Waals surface area (Å²) in [6, 6.07) is 22.0. The summed E-state index contributed by atoms with van der Waals surface area (Å²) in [7, 11) is 3.89. The maximum atomic E-state index is 14.1. The van der Waals surface area contributed by atoms with E-state index in [1.807, 2.05) is 80.5 Å². The van der Waals surface area contributed by atoms with Crippen LogP contribution >= 0.6 is 23.2 Å². The normalized spacial score (nSPS) is 16.9. The molecule has 0 radical (unpaired) electrons. The predicted molar refractivity (Wildman–Crippen MR) is 171 cm³/mol. The van der Waals surface area contributed by atoms with Crippen molar-refractivity contribution >= 4 is 46.8 Å². The number of nitrogens with zero attached hydrogens (tertiary/aromatic N) is 4. The summed E-state index contributed by atoms with van der Waals surface area (Å²) >= 11 is 12.6. The lowest BCUT2D eigenvalue weighted by atomic mass is 9.77. The van der Waals surface area contributed by atoms with Crippen molar-refractivity contribution in [1.29, 1.82) is 0 Å². The number of amides is 3. The zero-order chi connectivity index (χ0) is 31.1. The van der Waals surface area contributed by atoms with Crippen LogP contribution < -0.4 is 4.90 Å². The van der Waals surface area contributed by atoms with Gasteiger partial charge in [-0.2, -0.15) is 0 Å². The van der Waals surface area contributed by atoms with Crippen LogP contribution in [0, 0.1) is 12.3 Å². The first-order chi connectivity index (χ1) is 20.4. The molecule has 8 nitrogen and oxygen atoms in total. The van der Waals surface area contributed by atoms with Gasteiger partial charge in [0.05, 0.1) is 6.42 Å². The first kappa shape index (κ1) is 32.3. The van der Waals surface area contributed by atoms with Gasteiger partial charge in [-0.1, -0.05) is 77.3 Å². The molecule has 4 rings (SSSR count). The van der Waals surface area contributed by atoms with Crippen LogP contribution in [-0.2, 0) is 22.7 Å². The lowest BCUT2D eigenvalue weighted by Gasteiger charge is -2.47. The number of urea groups is 1. The Morgan fingerprint density at radius 1 is 0.930 bits per heavy atom. The Kier molecular flexibility index (Phi) is 10.7. The minimum Gasteiger partial charge on any atom is -0.481 e. The van der Waals surface area contributed by atoms with Crippen LogP contribution in [0.2, 0.25) is 10.0 Å². The number of benzene rings is 3. The van der Waals surface area contributed by atoms with E-state index in [9.17, 15) is 19.5 Å². The van der Waals surface area contributed by atoms with E-state index < -0.39 is 11.4 Å². The van der Waals surface area contributed by atoms with Crippen LogP contribution in [0.3, 0.4) is 0 Å². The summed E-state index contributed by atoms with van der Waals surface area (Å²) in [6.45, 7) is 3.80. The zero-order valence-corrected chi connectivity index (χ0v) is 26.3. The molecular formula is C33H38Cl2N4O4. The molecule has 0 aromatic heterocycles. The Bertz CT molecular complexity index is 1430. The van der Waals surface area contributed by atoms with Crippen molar-refractivity contribution in [2.24, 2.45) is 5.41 Å². The molecule has 1 unspecified atom stereocenters. The van der Waals surface area contributed by atoms with Crippen LogP contribution in [-0.4, -0.2) is 78.0 Å². The minimum absolute atomic E-state index is 0.0416. The van der Waals surface area contributed by atoms with Crippen molar-refractivity contribution in [3.05, 3.63) is 99.5 Å². The number of aliphatic carboxylic acids is 1. The Balaban J connectivity index is 1.71. The fraction of sp³-hybridized carbons (Fsp3) is 0.364. The van der Waals surface area contributed by atoms with Gasteiger partial charge in [-0.05, 0) is 56.4 Å². The lowest BCUT2D eigenvalue weighted by Crippen LogP contribution is -2.60. The molecule has 3 amide bonds. The third-order valence-corrected chi connectivity index (χ3v) is 8.27. The molecule has 0 saturated carbocycles. The van der Waals surface area contributed by atoms with E-state index >= 15 is 0 Å². The Morgan fingerprint density at radius 2 is 1.63 bits per heavy atom. The second-order valence-corrected chi connectivity index (χ2v) is 12.5. The van der Waals surface area contributed by atoms with Gasteiger partial charge < -0.3 is 19.8 Å². The molecular weight excluding hydrogens is 587 g/mol. The van der Waals surface area contributed by atoms with E-state index in [4.69, 9.17) is 23.2 Å². The summed E-state index contributed by atoms with van der Waals surface area (Å²) in [5.41, 5.74) is 2.27. The van der Waals surface area contributed by atoms with Crippen molar-refractivity contribution < 1.29 is 19.5 Å². The van der Waals surface area contributed by atoms with E-state index in [0.717, 1.165) is 11.1 Å². The predicted octanol–water partition coefficient (Wildman–Crippen LogP) is 6.19. The maximum absolute atomic E-state index is 14.1. The van der Waals surface area contributed by atoms with E-state index in [2.05, 4.69) is 0 Å². The number of carboxylic acids is 1. The molecule has 10 heteroatoms. The largest absolute Gasteiger partial charge is 0.481 e. The van der Waals surface area contributed by atoms with E-state index in [1.54, 1.807) is 32.9 Å². The highest BCUT2D eigenvalue weighted by Gasteiger charge is 2.46. The Hall–Kier alpha value is -3.59. The molecule has 1 N–H and O–H groups in total. The molecule has 43 heavy (non-hydrogen) atoms. The smallest absolute Gasteiger partial charge is 0.324 e. The maximum Gasteiger partial charge on any atom is 0.324 e. The van der Waals surface area contributed by atoms with Crippen LogP contribution in [0.1, 0.15) is 29.5 Å². The van der Waals surface area contributed by atoms with Gasteiger partial charge in [-0.3, -0.25) is 14.5 Å². The molecule has 1 aliphatic heterocycles. The number of aryl methyl sites for hydroxylation is 1. The lowest BCUT2D eigenvalue weighted by molar-refractivity contribution is -0.142. The van der Waals surface area contributed by atoms with E-state index in [1.165, 1.54) is 0 Å². The number of carbonyl (C=O) groups excluding carboxylic acids is 2. The molecule has 1 heterocycles. The molecule has 1 fully saturated rings. The van der Waals surface area contributed by atoms with Gasteiger partial charge in [0, 0.05) is 66.8 Å². The van der Waals surface area contributed by atoms with Gasteiger partial charge in [0.2, 0.25) is 5.91 Å². The van der Waals surface area contributed by atoms with E-state index in [-0.39, 0.29) is 44.4 Å². The quantitative estimate of drug-likeness (QED) is 0.260. The van der Waals surface area contributed by atoms with Gasteiger partial charge in [0.1, 0.15) is 0 Å². The van der Waals surface area contributed by atoms with Crippen molar-refractivity contribution in [3.8, 4) is 0 Å². The average Bonchev–Trinajstić information content (AvgIpc) is 2.95. The van der Waals surface area contributed by atoms with Crippen molar-refractivity contribution in [2.75, 3.05) is 45.2 Å². The Labute approximate surface area is 263 Å². The Morgan fingerprint density at radius 3 is 2.26 bits per heavy atom. The minimum atomic E-state index is -1.06. The topological polar surface area (TPSA) is 84.4 Å². The molecule has 1 saturated heterocycles. The molecule has 0 aliphatic carbocycles. The van der Waals surface area contributed by atoms with Crippen LogP contribution in [0.5, 0.6) is 0 Å². The van der Waals surface area contributed by atoms with Gasteiger partial charge in [0.25, 0.3) is 0 Å². The third kappa shape index (κ3) is 8.72. The molecule has 0 spiro atoms. The number of carbonyl (C=O) groups is 3. The van der Waals surface area contributed by atoms with E-state index in [0.29, 0.717) is 40.9 Å². The van der Waals surface area contributed by atoms with Gasteiger partial charge in [-0.25, -0.2) is 4.79 Å². The third-order valence-electron chi connectivity index (χ3n) is 7.68. The van der Waals surface area contributed by atoms with Crippen molar-refractivity contribution in [2.45, 2.75) is 32.9 Å². The van der Waals surface area contributed by atoms with Crippen LogP contribution in [0.4, 0.5) is 10.5 Å². The summed E-state index contributed by atoms with van der Waals surface area (Å²) in [5.74, 6) is -1.19. The van der Waals surface area contributed by atoms with Gasteiger partial charge in [0.15, 0.2) is 0 Å². The summed E-state index contributed by atoms with van der Waals surface area (Å²) in [4.78, 5) is 47.4. The number of likely N-dealkylation sites (N-methyl/N-ethyl adjacent to an activating group) is 1. The highest BCUT2D eigenvalue weighted by atomic mass is 35.5. The molecule has 1 atom stereocenters. The summed E-state index contributed by atoms with van der Waals surface area (Å²) < 4.78 is 0. The summed E-state index contributed by atoms with van der Waals surface area (Å²) in [6.07, 6.45) is -0.327.